The monoisotopic (exact) mass is 273 g/mol. The van der Waals surface area contributed by atoms with Crippen molar-refractivity contribution in [3.8, 4) is 0 Å². The molecule has 18 heavy (non-hydrogen) atoms. The van der Waals surface area contributed by atoms with Gasteiger partial charge in [0, 0.05) is 0 Å². The van der Waals surface area contributed by atoms with E-state index in [1.54, 1.807) is 0 Å². The summed E-state index contributed by atoms with van der Waals surface area (Å²) in [6, 6.07) is 1.34. The van der Waals surface area contributed by atoms with Gasteiger partial charge in [0.05, 0.1) is 0 Å². The molecule has 0 aliphatic rings. The van der Waals surface area contributed by atoms with E-state index in [4.69, 9.17) is 0 Å². The second-order valence-electron chi connectivity index (χ2n) is 5.98. The molecule has 0 aromatic heterocycles. The molecule has 0 unspecified atom stereocenters. The fourth-order valence-electron chi connectivity index (χ4n) is 3.01. The summed E-state index contributed by atoms with van der Waals surface area (Å²) in [5.74, 6) is 0. The van der Waals surface area contributed by atoms with Crippen LogP contribution in [-0.2, 0) is 0 Å². The van der Waals surface area contributed by atoms with Crippen LogP contribution in [0.25, 0.3) is 0 Å². The molecule has 0 saturated carbocycles. The molecule has 0 bridgehead atoms. The van der Waals surface area contributed by atoms with Crippen LogP contribution < -0.4 is 0 Å². The molecule has 0 N–H and O–H groups in total. The zero-order chi connectivity index (χ0) is 14.2. The van der Waals surface area contributed by atoms with Gasteiger partial charge in [-0.2, -0.15) is 0 Å². The summed E-state index contributed by atoms with van der Waals surface area (Å²) in [4.78, 5) is 0. The minimum Gasteiger partial charge on any atom is -0.305 e. The van der Waals surface area contributed by atoms with E-state index in [0.29, 0.717) is 0 Å². The van der Waals surface area contributed by atoms with Crippen LogP contribution in [0.4, 0.5) is 0 Å². The second kappa shape index (κ2) is 9.07. The highest BCUT2D eigenvalue weighted by Crippen LogP contribution is 2.22. The van der Waals surface area contributed by atoms with Crippen LogP contribution >= 0.6 is 0 Å². The number of hydrogen-bond donors (Lipinski definition) is 0. The third kappa shape index (κ3) is 5.00. The number of nitrogens with zero attached hydrogens (tertiary/aromatic N) is 3. The minimum absolute atomic E-state index is 1.34. The Morgan fingerprint density at radius 2 is 1.00 bits per heavy atom. The second-order valence-corrected chi connectivity index (χ2v) is 10.7. The Balaban J connectivity index is 4.26. The lowest BCUT2D eigenvalue weighted by atomic mass is 10.1. The summed E-state index contributed by atoms with van der Waals surface area (Å²) in [5, 5.41) is 0. The molecule has 0 fully saturated rings. The Morgan fingerprint density at radius 3 is 1.39 bits per heavy atom. The molecule has 110 valence electrons. The van der Waals surface area contributed by atoms with Crippen LogP contribution in [0.5, 0.6) is 0 Å². The molecule has 0 radical (unpaired) electrons. The molecule has 0 aliphatic heterocycles. The van der Waals surface area contributed by atoms with Gasteiger partial charge in [-0.05, 0) is 48.3 Å². The molecule has 0 aromatic rings. The lowest BCUT2D eigenvalue weighted by Crippen LogP contribution is -2.69. The van der Waals surface area contributed by atoms with Gasteiger partial charge in [0.2, 0.25) is 0 Å². The lowest BCUT2D eigenvalue weighted by molar-refractivity contribution is 0.372. The third-order valence-corrected chi connectivity index (χ3v) is 9.34. The van der Waals surface area contributed by atoms with Gasteiger partial charge >= 0.3 is 0 Å². The lowest BCUT2D eigenvalue weighted by Gasteiger charge is -2.46. The molecule has 4 heteroatoms. The van der Waals surface area contributed by atoms with Crippen molar-refractivity contribution in [3.63, 3.8) is 0 Å². The standard InChI is InChI=1S/C14H35N3Si/c1-8-9-10-11-12-13-14-18(15(2)3,16(4)5)17(6)7/h8-14H2,1-7H3. The van der Waals surface area contributed by atoms with Gasteiger partial charge < -0.3 is 13.7 Å². The molecule has 3 nitrogen and oxygen atoms in total. The van der Waals surface area contributed by atoms with Crippen LogP contribution in [0.3, 0.4) is 0 Å². The zero-order valence-corrected chi connectivity index (χ0v) is 14.8. The highest BCUT2D eigenvalue weighted by Gasteiger charge is 2.41. The Bertz CT molecular complexity index is 183. The maximum atomic E-state index is 2.47. The van der Waals surface area contributed by atoms with E-state index in [1.165, 1.54) is 44.6 Å². The molecule has 0 saturated heterocycles. The van der Waals surface area contributed by atoms with Crippen molar-refractivity contribution in [3.05, 3.63) is 0 Å². The van der Waals surface area contributed by atoms with E-state index >= 15 is 0 Å². The van der Waals surface area contributed by atoms with Crippen molar-refractivity contribution in [2.24, 2.45) is 0 Å². The summed E-state index contributed by atoms with van der Waals surface area (Å²) in [6.45, 7) is 2.28. The first-order chi connectivity index (χ1) is 8.39. The van der Waals surface area contributed by atoms with Crippen LogP contribution in [0, 0.1) is 0 Å². The van der Waals surface area contributed by atoms with Crippen molar-refractivity contribution < 1.29 is 0 Å². The average Bonchev–Trinajstić information content (AvgIpc) is 2.26. The smallest absolute Gasteiger partial charge is 0.288 e. The molecule has 0 amide bonds. The summed E-state index contributed by atoms with van der Waals surface area (Å²) in [7, 11) is 11.8. The van der Waals surface area contributed by atoms with E-state index in [1.807, 2.05) is 0 Å². The summed E-state index contributed by atoms with van der Waals surface area (Å²) < 4.78 is 7.41. The molecule has 0 aliphatic carbocycles. The molecule has 0 aromatic carbocycles. The zero-order valence-electron chi connectivity index (χ0n) is 13.8. The van der Waals surface area contributed by atoms with E-state index in [0.717, 1.165) is 0 Å². The molecular formula is C14H35N3Si. The van der Waals surface area contributed by atoms with E-state index in [2.05, 4.69) is 62.9 Å². The van der Waals surface area contributed by atoms with Crippen molar-refractivity contribution in [2.75, 3.05) is 42.3 Å². The Morgan fingerprint density at radius 1 is 0.611 bits per heavy atom. The van der Waals surface area contributed by atoms with Gasteiger partial charge in [0.25, 0.3) is 8.56 Å². The normalized spacial score (nSPS) is 13.0. The van der Waals surface area contributed by atoms with E-state index in [9.17, 15) is 0 Å². The van der Waals surface area contributed by atoms with Gasteiger partial charge in [0.15, 0.2) is 0 Å². The van der Waals surface area contributed by atoms with Crippen molar-refractivity contribution in [1.29, 1.82) is 0 Å². The predicted octanol–water partition coefficient (Wildman–Crippen LogP) is 2.97. The van der Waals surface area contributed by atoms with Crippen LogP contribution in [-0.4, -0.2) is 64.5 Å². The molecule has 0 rings (SSSR count). The largest absolute Gasteiger partial charge is 0.305 e. The summed E-state index contributed by atoms with van der Waals surface area (Å²) >= 11 is 0. The molecule has 0 atom stereocenters. The van der Waals surface area contributed by atoms with Gasteiger partial charge in [0.1, 0.15) is 0 Å². The van der Waals surface area contributed by atoms with Crippen molar-refractivity contribution in [1.82, 2.24) is 13.7 Å². The fraction of sp³-hybridized carbons (Fsp3) is 1.00. The summed E-state index contributed by atoms with van der Waals surface area (Å²) in [5.41, 5.74) is 0. The maximum absolute atomic E-state index is 2.47. The van der Waals surface area contributed by atoms with Crippen molar-refractivity contribution in [2.45, 2.75) is 51.5 Å². The topological polar surface area (TPSA) is 9.72 Å². The van der Waals surface area contributed by atoms with Crippen LogP contribution in [0.15, 0.2) is 0 Å². The highest BCUT2D eigenvalue weighted by molar-refractivity contribution is 6.71. The first-order valence-electron chi connectivity index (χ1n) is 7.41. The fourth-order valence-corrected chi connectivity index (χ4v) is 7.48. The van der Waals surface area contributed by atoms with Crippen LogP contribution in [0.2, 0.25) is 6.04 Å². The van der Waals surface area contributed by atoms with E-state index in [-0.39, 0.29) is 0 Å². The SMILES string of the molecule is CCCCCCCC[Si](N(C)C)(N(C)C)N(C)C. The number of rotatable bonds is 10. The molecular weight excluding hydrogens is 238 g/mol. The third-order valence-electron chi connectivity index (χ3n) is 4.01. The molecule has 0 spiro atoms. The van der Waals surface area contributed by atoms with Crippen molar-refractivity contribution >= 4 is 8.56 Å². The first kappa shape index (κ1) is 18.1. The Kier molecular flexibility index (Phi) is 9.12. The van der Waals surface area contributed by atoms with E-state index < -0.39 is 8.56 Å². The van der Waals surface area contributed by atoms with Gasteiger partial charge in [-0.25, -0.2) is 0 Å². The minimum atomic E-state index is -1.60. The first-order valence-corrected chi connectivity index (χ1v) is 9.46. The number of hydrogen-bond acceptors (Lipinski definition) is 3. The average molecular weight is 274 g/mol. The molecule has 0 heterocycles. The Labute approximate surface area is 116 Å². The summed E-state index contributed by atoms with van der Waals surface area (Å²) in [6.07, 6.45) is 8.32. The number of unbranched alkanes of at least 4 members (excludes halogenated alkanes) is 5. The highest BCUT2D eigenvalue weighted by atomic mass is 28.4. The predicted molar refractivity (Wildman–Crippen MR) is 85.0 cm³/mol. The quantitative estimate of drug-likeness (QED) is 0.447. The maximum Gasteiger partial charge on any atom is 0.288 e. The van der Waals surface area contributed by atoms with Gasteiger partial charge in [-0.3, -0.25) is 0 Å². The van der Waals surface area contributed by atoms with Crippen LogP contribution in [0.1, 0.15) is 45.4 Å². The van der Waals surface area contributed by atoms with Gasteiger partial charge in [-0.15, -0.1) is 0 Å². The van der Waals surface area contributed by atoms with Gasteiger partial charge in [-0.1, -0.05) is 45.4 Å². The Hall–Kier alpha value is 0.0969.